The summed E-state index contributed by atoms with van der Waals surface area (Å²) in [6, 6.07) is 16.1. The maximum absolute atomic E-state index is 12.5. The van der Waals surface area contributed by atoms with Crippen LogP contribution in [0, 0.1) is 11.3 Å². The Labute approximate surface area is 188 Å². The molecule has 0 aliphatic carbocycles. The second-order valence-corrected chi connectivity index (χ2v) is 9.07. The van der Waals surface area contributed by atoms with Crippen molar-refractivity contribution in [3.8, 4) is 6.07 Å². The van der Waals surface area contributed by atoms with Crippen molar-refractivity contribution < 1.29 is 13.2 Å². The second-order valence-electron chi connectivity index (χ2n) is 7.30. The smallest absolute Gasteiger partial charge is 0.248 e. The molecule has 0 atom stereocenters. The van der Waals surface area contributed by atoms with Gasteiger partial charge in [0.15, 0.2) is 0 Å². The van der Waals surface area contributed by atoms with E-state index in [2.05, 4.69) is 16.1 Å². The number of sulfonamides is 1. The molecule has 0 spiro atoms. The number of carbonyl (C=O) groups excluding carboxylic acids is 1. The number of benzene rings is 2. The molecule has 0 radical (unpaired) electrons. The van der Waals surface area contributed by atoms with Crippen molar-refractivity contribution in [1.82, 2.24) is 9.29 Å². The Bertz CT molecular complexity index is 1270. The van der Waals surface area contributed by atoms with E-state index in [9.17, 15) is 13.2 Å². The molecule has 0 aliphatic heterocycles. The minimum absolute atomic E-state index is 0.107. The summed E-state index contributed by atoms with van der Waals surface area (Å²) < 4.78 is 29.4. The number of carbonyl (C=O) groups is 1. The third-order valence-electron chi connectivity index (χ3n) is 4.93. The molecule has 7 nitrogen and oxygen atoms in total. The van der Waals surface area contributed by atoms with Crippen LogP contribution in [0.4, 0.5) is 5.69 Å². The van der Waals surface area contributed by atoms with Gasteiger partial charge < -0.3 is 9.88 Å². The van der Waals surface area contributed by atoms with E-state index in [0.29, 0.717) is 25.2 Å². The van der Waals surface area contributed by atoms with Gasteiger partial charge >= 0.3 is 0 Å². The zero-order valence-electron chi connectivity index (χ0n) is 17.9. The van der Waals surface area contributed by atoms with Gasteiger partial charge in [0.1, 0.15) is 0 Å². The lowest BCUT2D eigenvalue weighted by molar-refractivity contribution is -0.111. The molecule has 1 heterocycles. The van der Waals surface area contributed by atoms with Gasteiger partial charge in [0, 0.05) is 47.5 Å². The van der Waals surface area contributed by atoms with Crippen LogP contribution in [-0.4, -0.2) is 25.4 Å². The fraction of sp³-hybridized carbons (Fsp3) is 0.250. The zero-order chi connectivity index (χ0) is 23.0. The molecule has 3 rings (SSSR count). The number of nitrogens with one attached hydrogen (secondary N) is 2. The fourth-order valence-electron chi connectivity index (χ4n) is 3.32. The van der Waals surface area contributed by atoms with Crippen LogP contribution in [0.25, 0.3) is 17.0 Å². The highest BCUT2D eigenvalue weighted by Crippen LogP contribution is 2.23. The average molecular weight is 451 g/mol. The second kappa shape index (κ2) is 10.8. The predicted octanol–water partition coefficient (Wildman–Crippen LogP) is 4.29. The van der Waals surface area contributed by atoms with Crippen LogP contribution < -0.4 is 10.0 Å². The van der Waals surface area contributed by atoms with E-state index in [0.717, 1.165) is 29.3 Å². The first-order valence-electron chi connectivity index (χ1n) is 10.5. The largest absolute Gasteiger partial charge is 0.346 e. The minimum Gasteiger partial charge on any atom is -0.346 e. The SMILES string of the molecule is CCCCNS(=O)(=O)c1cccc(NC(=O)/C=C/c2cn(CCC#N)c3ccccc23)c1. The Morgan fingerprint density at radius 2 is 2.00 bits per heavy atom. The molecule has 1 aromatic heterocycles. The molecule has 166 valence electrons. The average Bonchev–Trinajstić information content (AvgIpc) is 3.14. The van der Waals surface area contributed by atoms with Crippen LogP contribution >= 0.6 is 0 Å². The first-order valence-corrected chi connectivity index (χ1v) is 12.0. The predicted molar refractivity (Wildman–Crippen MR) is 126 cm³/mol. The van der Waals surface area contributed by atoms with Gasteiger partial charge in [-0.1, -0.05) is 37.6 Å². The van der Waals surface area contributed by atoms with Gasteiger partial charge in [-0.05, 0) is 36.8 Å². The van der Waals surface area contributed by atoms with Crippen molar-refractivity contribution in [3.63, 3.8) is 0 Å². The van der Waals surface area contributed by atoms with Crippen LogP contribution in [0.1, 0.15) is 31.7 Å². The molecular weight excluding hydrogens is 424 g/mol. The van der Waals surface area contributed by atoms with Gasteiger partial charge in [-0.25, -0.2) is 13.1 Å². The van der Waals surface area contributed by atoms with Crippen molar-refractivity contribution in [2.24, 2.45) is 0 Å². The van der Waals surface area contributed by atoms with Crippen LogP contribution in [-0.2, 0) is 21.4 Å². The molecule has 8 heteroatoms. The van der Waals surface area contributed by atoms with E-state index >= 15 is 0 Å². The fourth-order valence-corrected chi connectivity index (χ4v) is 4.44. The summed E-state index contributed by atoms with van der Waals surface area (Å²) in [5, 5.41) is 12.6. The van der Waals surface area contributed by atoms with E-state index in [1.54, 1.807) is 18.2 Å². The molecule has 0 saturated carbocycles. The quantitative estimate of drug-likeness (QED) is 0.355. The van der Waals surface area contributed by atoms with Crippen LogP contribution in [0.15, 0.2) is 65.7 Å². The monoisotopic (exact) mass is 450 g/mol. The number of hydrogen-bond acceptors (Lipinski definition) is 4. The first kappa shape index (κ1) is 23.3. The lowest BCUT2D eigenvalue weighted by atomic mass is 10.1. The summed E-state index contributed by atoms with van der Waals surface area (Å²) in [6.45, 7) is 2.94. The normalized spacial score (nSPS) is 11.6. The van der Waals surface area contributed by atoms with Crippen molar-refractivity contribution in [3.05, 3.63) is 66.4 Å². The number of hydrogen-bond donors (Lipinski definition) is 2. The van der Waals surface area contributed by atoms with Crippen LogP contribution in [0.5, 0.6) is 0 Å². The Balaban J connectivity index is 1.73. The van der Waals surface area contributed by atoms with Crippen LogP contribution in [0.2, 0.25) is 0 Å². The standard InChI is InChI=1S/C24H26N4O3S/c1-2-3-15-26-32(30,31)21-9-6-8-20(17-21)27-24(29)13-12-19-18-28(16-7-14-25)23-11-5-4-10-22(19)23/h4-6,8-13,17-18,26H,2-3,7,15-16H2,1H3,(H,27,29)/b13-12+. The summed E-state index contributed by atoms with van der Waals surface area (Å²) in [7, 11) is -3.62. The van der Waals surface area contributed by atoms with E-state index in [1.165, 1.54) is 18.2 Å². The lowest BCUT2D eigenvalue weighted by Crippen LogP contribution is -2.24. The highest BCUT2D eigenvalue weighted by atomic mass is 32.2. The number of fused-ring (bicyclic) bond motifs is 1. The van der Waals surface area contributed by atoms with Gasteiger partial charge in [-0.15, -0.1) is 0 Å². The molecule has 0 fully saturated rings. The number of anilines is 1. The number of aromatic nitrogens is 1. The molecule has 3 aromatic rings. The number of aryl methyl sites for hydroxylation is 1. The molecule has 1 amide bonds. The maximum Gasteiger partial charge on any atom is 0.248 e. The molecule has 0 bridgehead atoms. The van der Waals surface area contributed by atoms with Crippen LogP contribution in [0.3, 0.4) is 0 Å². The number of nitrogens with zero attached hydrogens (tertiary/aromatic N) is 2. The molecule has 32 heavy (non-hydrogen) atoms. The summed E-state index contributed by atoms with van der Waals surface area (Å²) in [4.78, 5) is 12.6. The Morgan fingerprint density at radius 3 is 2.78 bits per heavy atom. The highest BCUT2D eigenvalue weighted by Gasteiger charge is 2.14. The Hall–Kier alpha value is -3.41. The lowest BCUT2D eigenvalue weighted by Gasteiger charge is -2.08. The van der Waals surface area contributed by atoms with Crippen molar-refractivity contribution in [2.45, 2.75) is 37.6 Å². The van der Waals surface area contributed by atoms with E-state index in [-0.39, 0.29) is 10.8 Å². The molecule has 2 aromatic carbocycles. The molecular formula is C24H26N4O3S. The molecule has 0 aliphatic rings. The van der Waals surface area contributed by atoms with Crippen molar-refractivity contribution in [1.29, 1.82) is 5.26 Å². The third kappa shape index (κ3) is 5.84. The number of nitriles is 1. The van der Waals surface area contributed by atoms with Gasteiger partial charge in [-0.3, -0.25) is 4.79 Å². The number of amides is 1. The third-order valence-corrected chi connectivity index (χ3v) is 6.39. The number of rotatable bonds is 10. The van der Waals surface area contributed by atoms with E-state index < -0.39 is 10.0 Å². The Kier molecular flexibility index (Phi) is 7.82. The summed E-state index contributed by atoms with van der Waals surface area (Å²) in [5.74, 6) is -0.368. The number of unbranched alkanes of at least 4 members (excludes halogenated alkanes) is 1. The summed E-state index contributed by atoms with van der Waals surface area (Å²) >= 11 is 0. The minimum atomic E-state index is -3.62. The van der Waals surface area contributed by atoms with Gasteiger partial charge in [0.2, 0.25) is 15.9 Å². The summed E-state index contributed by atoms with van der Waals surface area (Å²) in [5.41, 5.74) is 2.26. The van der Waals surface area contributed by atoms with Gasteiger partial charge in [0.05, 0.1) is 17.4 Å². The molecule has 2 N–H and O–H groups in total. The van der Waals surface area contributed by atoms with Crippen molar-refractivity contribution in [2.75, 3.05) is 11.9 Å². The molecule has 0 unspecified atom stereocenters. The van der Waals surface area contributed by atoms with Gasteiger partial charge in [-0.2, -0.15) is 5.26 Å². The van der Waals surface area contributed by atoms with E-state index in [4.69, 9.17) is 5.26 Å². The Morgan fingerprint density at radius 1 is 1.19 bits per heavy atom. The highest BCUT2D eigenvalue weighted by molar-refractivity contribution is 7.89. The molecule has 0 saturated heterocycles. The summed E-state index contributed by atoms with van der Waals surface area (Å²) in [6.07, 6.45) is 7.09. The zero-order valence-corrected chi connectivity index (χ0v) is 18.7. The maximum atomic E-state index is 12.5. The van der Waals surface area contributed by atoms with E-state index in [1.807, 2.05) is 42.0 Å². The first-order chi connectivity index (χ1) is 15.4. The number of para-hydroxylation sites is 1. The topological polar surface area (TPSA) is 104 Å². The van der Waals surface area contributed by atoms with Crippen molar-refractivity contribution >= 4 is 38.6 Å². The van der Waals surface area contributed by atoms with Gasteiger partial charge in [0.25, 0.3) is 0 Å².